The molecule has 0 radical (unpaired) electrons. The van der Waals surface area contributed by atoms with Crippen molar-refractivity contribution < 1.29 is 0 Å². The molecule has 0 spiro atoms. The zero-order valence-corrected chi connectivity index (χ0v) is 9.88. The predicted molar refractivity (Wildman–Crippen MR) is 71.1 cm³/mol. The standard InChI is InChI=1S/C15H13N3/c1-3-7-12(8-4-1)11-14-16-15(18-17-14)13-9-5-2-6-10-13/h1-10H,11H2,(H,16,17,18). The van der Waals surface area contributed by atoms with Crippen molar-refractivity contribution in [1.82, 2.24) is 15.2 Å². The first-order chi connectivity index (χ1) is 8.92. The lowest BCUT2D eigenvalue weighted by molar-refractivity contribution is 0.973. The van der Waals surface area contributed by atoms with Crippen molar-refractivity contribution in [2.45, 2.75) is 6.42 Å². The van der Waals surface area contributed by atoms with Crippen molar-refractivity contribution >= 4 is 0 Å². The van der Waals surface area contributed by atoms with E-state index in [0.29, 0.717) is 0 Å². The quantitative estimate of drug-likeness (QED) is 0.758. The van der Waals surface area contributed by atoms with E-state index >= 15 is 0 Å². The summed E-state index contributed by atoms with van der Waals surface area (Å²) in [4.78, 5) is 4.51. The Morgan fingerprint density at radius 1 is 0.833 bits per heavy atom. The van der Waals surface area contributed by atoms with Crippen molar-refractivity contribution in [3.05, 3.63) is 72.1 Å². The maximum atomic E-state index is 4.51. The van der Waals surface area contributed by atoms with Gasteiger partial charge in [0.05, 0.1) is 0 Å². The lowest BCUT2D eigenvalue weighted by Gasteiger charge is -1.95. The van der Waals surface area contributed by atoms with E-state index in [9.17, 15) is 0 Å². The number of benzene rings is 2. The molecule has 0 aliphatic carbocycles. The van der Waals surface area contributed by atoms with Crippen LogP contribution in [0.25, 0.3) is 11.4 Å². The molecule has 0 atom stereocenters. The lowest BCUT2D eigenvalue weighted by Crippen LogP contribution is -1.90. The number of nitrogens with one attached hydrogen (secondary N) is 1. The minimum Gasteiger partial charge on any atom is -0.259 e. The molecule has 88 valence electrons. The van der Waals surface area contributed by atoms with E-state index in [-0.39, 0.29) is 0 Å². The van der Waals surface area contributed by atoms with Crippen LogP contribution in [0.1, 0.15) is 11.4 Å². The largest absolute Gasteiger partial charge is 0.259 e. The van der Waals surface area contributed by atoms with Crippen LogP contribution in [0, 0.1) is 0 Å². The van der Waals surface area contributed by atoms with Crippen LogP contribution >= 0.6 is 0 Å². The van der Waals surface area contributed by atoms with Crippen LogP contribution in [0.3, 0.4) is 0 Å². The molecular formula is C15H13N3. The zero-order valence-electron chi connectivity index (χ0n) is 9.88. The number of rotatable bonds is 3. The molecule has 0 bridgehead atoms. The van der Waals surface area contributed by atoms with Gasteiger partial charge in [-0.2, -0.15) is 5.10 Å². The molecule has 0 saturated carbocycles. The predicted octanol–water partition coefficient (Wildman–Crippen LogP) is 3.06. The summed E-state index contributed by atoms with van der Waals surface area (Å²) in [5.41, 5.74) is 2.28. The molecule has 3 nitrogen and oxygen atoms in total. The number of nitrogens with zero attached hydrogens (tertiary/aromatic N) is 2. The Hall–Kier alpha value is -2.42. The summed E-state index contributed by atoms with van der Waals surface area (Å²) in [7, 11) is 0. The van der Waals surface area contributed by atoms with Gasteiger partial charge in [-0.25, -0.2) is 4.98 Å². The van der Waals surface area contributed by atoms with Crippen LogP contribution in [0.5, 0.6) is 0 Å². The van der Waals surface area contributed by atoms with Crippen LogP contribution in [0.2, 0.25) is 0 Å². The molecule has 3 heteroatoms. The second-order valence-electron chi connectivity index (χ2n) is 4.13. The summed E-state index contributed by atoms with van der Waals surface area (Å²) < 4.78 is 0. The van der Waals surface area contributed by atoms with E-state index in [1.54, 1.807) is 0 Å². The van der Waals surface area contributed by atoms with Gasteiger partial charge in [-0.3, -0.25) is 5.10 Å². The van der Waals surface area contributed by atoms with Crippen molar-refractivity contribution in [2.24, 2.45) is 0 Å². The van der Waals surface area contributed by atoms with Gasteiger partial charge in [0.1, 0.15) is 0 Å². The molecule has 2 aromatic carbocycles. The monoisotopic (exact) mass is 235 g/mol. The van der Waals surface area contributed by atoms with Crippen LogP contribution < -0.4 is 0 Å². The third-order valence-electron chi connectivity index (χ3n) is 2.78. The van der Waals surface area contributed by atoms with E-state index < -0.39 is 0 Å². The second-order valence-corrected chi connectivity index (χ2v) is 4.13. The van der Waals surface area contributed by atoms with E-state index in [4.69, 9.17) is 0 Å². The topological polar surface area (TPSA) is 41.6 Å². The molecule has 1 aromatic heterocycles. The lowest BCUT2D eigenvalue weighted by atomic mass is 10.1. The van der Waals surface area contributed by atoms with Crippen LogP contribution in [0.15, 0.2) is 60.7 Å². The van der Waals surface area contributed by atoms with E-state index in [1.165, 1.54) is 5.56 Å². The van der Waals surface area contributed by atoms with Gasteiger partial charge in [-0.05, 0) is 5.56 Å². The average Bonchev–Trinajstić information content (AvgIpc) is 2.89. The molecule has 0 saturated heterocycles. The summed E-state index contributed by atoms with van der Waals surface area (Å²) in [5, 5.41) is 7.23. The summed E-state index contributed by atoms with van der Waals surface area (Å²) in [6.45, 7) is 0. The number of aromatic amines is 1. The zero-order chi connectivity index (χ0) is 12.2. The molecule has 0 fully saturated rings. The molecule has 3 rings (SSSR count). The Bertz CT molecular complexity index is 615. The number of hydrogen-bond acceptors (Lipinski definition) is 2. The minimum absolute atomic E-state index is 0.754. The molecule has 18 heavy (non-hydrogen) atoms. The smallest absolute Gasteiger partial charge is 0.155 e. The van der Waals surface area contributed by atoms with Crippen LogP contribution in [0.4, 0.5) is 0 Å². The first kappa shape index (κ1) is 10.7. The van der Waals surface area contributed by atoms with E-state index in [2.05, 4.69) is 27.3 Å². The Balaban J connectivity index is 1.82. The second kappa shape index (κ2) is 4.84. The summed E-state index contributed by atoms with van der Waals surface area (Å²) in [6, 6.07) is 20.3. The highest BCUT2D eigenvalue weighted by Crippen LogP contribution is 2.14. The van der Waals surface area contributed by atoms with Crippen molar-refractivity contribution in [3.8, 4) is 11.4 Å². The fraction of sp³-hybridized carbons (Fsp3) is 0.0667. The normalized spacial score (nSPS) is 10.4. The van der Waals surface area contributed by atoms with Gasteiger partial charge in [-0.1, -0.05) is 60.7 Å². The number of H-pyrrole nitrogens is 1. The Morgan fingerprint density at radius 3 is 2.22 bits per heavy atom. The van der Waals surface area contributed by atoms with Gasteiger partial charge in [0.15, 0.2) is 11.6 Å². The molecule has 0 amide bonds. The van der Waals surface area contributed by atoms with Gasteiger partial charge < -0.3 is 0 Å². The van der Waals surface area contributed by atoms with E-state index in [1.807, 2.05) is 48.5 Å². The molecule has 0 aliphatic rings. The fourth-order valence-corrected chi connectivity index (χ4v) is 1.88. The first-order valence-corrected chi connectivity index (χ1v) is 5.92. The highest BCUT2D eigenvalue weighted by molar-refractivity contribution is 5.53. The summed E-state index contributed by atoms with van der Waals surface area (Å²) >= 11 is 0. The molecular weight excluding hydrogens is 222 g/mol. The highest BCUT2D eigenvalue weighted by Gasteiger charge is 2.05. The minimum atomic E-state index is 0.754. The van der Waals surface area contributed by atoms with Crippen molar-refractivity contribution in [2.75, 3.05) is 0 Å². The van der Waals surface area contributed by atoms with Crippen LogP contribution in [-0.2, 0) is 6.42 Å². The number of aromatic nitrogens is 3. The van der Waals surface area contributed by atoms with Gasteiger partial charge in [0.25, 0.3) is 0 Å². The maximum Gasteiger partial charge on any atom is 0.155 e. The Morgan fingerprint density at radius 2 is 1.50 bits per heavy atom. The average molecular weight is 235 g/mol. The number of hydrogen-bond donors (Lipinski definition) is 1. The first-order valence-electron chi connectivity index (χ1n) is 5.92. The third-order valence-corrected chi connectivity index (χ3v) is 2.78. The SMILES string of the molecule is c1ccc(Cc2n[nH]c(-c3ccccc3)n2)cc1. The van der Waals surface area contributed by atoms with Gasteiger partial charge in [-0.15, -0.1) is 0 Å². The molecule has 1 heterocycles. The summed E-state index contributed by atoms with van der Waals surface area (Å²) in [6.07, 6.45) is 0.754. The fourth-order valence-electron chi connectivity index (χ4n) is 1.88. The van der Waals surface area contributed by atoms with Gasteiger partial charge >= 0.3 is 0 Å². The van der Waals surface area contributed by atoms with E-state index in [0.717, 1.165) is 23.6 Å². The molecule has 0 aliphatic heterocycles. The van der Waals surface area contributed by atoms with Crippen LogP contribution in [-0.4, -0.2) is 15.2 Å². The molecule has 1 N–H and O–H groups in total. The van der Waals surface area contributed by atoms with Crippen molar-refractivity contribution in [3.63, 3.8) is 0 Å². The van der Waals surface area contributed by atoms with Crippen molar-refractivity contribution in [1.29, 1.82) is 0 Å². The third kappa shape index (κ3) is 2.30. The maximum absolute atomic E-state index is 4.51. The van der Waals surface area contributed by atoms with Gasteiger partial charge in [0, 0.05) is 12.0 Å². The highest BCUT2D eigenvalue weighted by atomic mass is 15.2. The molecule has 0 unspecified atom stereocenters. The Labute approximate surface area is 106 Å². The Kier molecular flexibility index (Phi) is 2.88. The van der Waals surface area contributed by atoms with Gasteiger partial charge in [0.2, 0.25) is 0 Å². The summed E-state index contributed by atoms with van der Waals surface area (Å²) in [5.74, 6) is 1.64. The molecule has 3 aromatic rings.